The van der Waals surface area contributed by atoms with E-state index in [0.717, 1.165) is 32.8 Å². The van der Waals surface area contributed by atoms with Crippen molar-refractivity contribution in [1.82, 2.24) is 14.5 Å². The molecule has 0 bridgehead atoms. The van der Waals surface area contributed by atoms with Gasteiger partial charge in [-0.3, -0.25) is 9.69 Å². The Hall–Kier alpha value is -1.48. The van der Waals surface area contributed by atoms with Gasteiger partial charge >= 0.3 is 0 Å². The van der Waals surface area contributed by atoms with Gasteiger partial charge in [-0.25, -0.2) is 8.42 Å². The number of carbonyl (C=O) groups is 1. The lowest BCUT2D eigenvalue weighted by molar-refractivity contribution is 0.0383. The van der Waals surface area contributed by atoms with E-state index in [1.807, 2.05) is 0 Å². The van der Waals surface area contributed by atoms with E-state index in [2.05, 4.69) is 10.2 Å². The first kappa shape index (κ1) is 19.8. The van der Waals surface area contributed by atoms with E-state index in [1.54, 1.807) is 26.0 Å². The summed E-state index contributed by atoms with van der Waals surface area (Å²) in [6, 6.07) is 6.09. The highest BCUT2D eigenvalue weighted by Gasteiger charge is 2.21. The molecular formula is C17H27N3O4S. The number of nitrogens with one attached hydrogen (secondary N) is 1. The second kappa shape index (κ2) is 9.28. The van der Waals surface area contributed by atoms with E-state index in [-0.39, 0.29) is 10.8 Å². The number of hydrogen-bond acceptors (Lipinski definition) is 5. The minimum absolute atomic E-state index is 0.194. The molecule has 0 aliphatic carbocycles. The third-order valence-electron chi connectivity index (χ3n) is 4.28. The lowest BCUT2D eigenvalue weighted by Gasteiger charge is -2.26. The van der Waals surface area contributed by atoms with Crippen LogP contribution in [0.3, 0.4) is 0 Å². The lowest BCUT2D eigenvalue weighted by atomic mass is 10.2. The summed E-state index contributed by atoms with van der Waals surface area (Å²) in [6.45, 7) is 9.01. The van der Waals surface area contributed by atoms with Gasteiger partial charge in [0, 0.05) is 44.8 Å². The number of amides is 1. The molecule has 1 saturated heterocycles. The zero-order chi connectivity index (χ0) is 18.3. The molecule has 1 aromatic rings. The van der Waals surface area contributed by atoms with Gasteiger partial charge in [0.1, 0.15) is 0 Å². The summed E-state index contributed by atoms with van der Waals surface area (Å²) < 4.78 is 31.5. The van der Waals surface area contributed by atoms with E-state index in [0.29, 0.717) is 25.2 Å². The molecule has 140 valence electrons. The number of benzene rings is 1. The average molecular weight is 369 g/mol. The summed E-state index contributed by atoms with van der Waals surface area (Å²) in [5.41, 5.74) is 0.459. The molecule has 1 fully saturated rings. The van der Waals surface area contributed by atoms with Crippen LogP contribution in [0.1, 0.15) is 24.2 Å². The molecule has 1 aliphatic rings. The molecule has 8 heteroatoms. The largest absolute Gasteiger partial charge is 0.379 e. The van der Waals surface area contributed by atoms with Crippen LogP contribution >= 0.6 is 0 Å². The van der Waals surface area contributed by atoms with Gasteiger partial charge in [-0.15, -0.1) is 0 Å². The standard InChI is InChI=1S/C17H27N3O4S/c1-3-20(4-2)25(22,23)16-7-5-15(6-8-16)17(21)18-9-10-19-11-13-24-14-12-19/h5-8H,3-4,9-14H2,1-2H3,(H,18,21). The fourth-order valence-corrected chi connectivity index (χ4v) is 4.20. The van der Waals surface area contributed by atoms with Crippen molar-refractivity contribution in [3.8, 4) is 0 Å². The average Bonchev–Trinajstić information content (AvgIpc) is 2.63. The number of carbonyl (C=O) groups excluding carboxylic acids is 1. The fourth-order valence-electron chi connectivity index (χ4n) is 2.75. The van der Waals surface area contributed by atoms with Crippen LogP contribution in [0.2, 0.25) is 0 Å². The topological polar surface area (TPSA) is 79.0 Å². The third-order valence-corrected chi connectivity index (χ3v) is 6.34. The van der Waals surface area contributed by atoms with Gasteiger partial charge in [0.2, 0.25) is 10.0 Å². The number of sulfonamides is 1. The van der Waals surface area contributed by atoms with Gasteiger partial charge < -0.3 is 10.1 Å². The SMILES string of the molecule is CCN(CC)S(=O)(=O)c1ccc(C(=O)NCCN2CCOCC2)cc1. The van der Waals surface area contributed by atoms with E-state index in [1.165, 1.54) is 16.4 Å². The van der Waals surface area contributed by atoms with Crippen LogP contribution in [0.25, 0.3) is 0 Å². The van der Waals surface area contributed by atoms with Crippen LogP contribution in [0.4, 0.5) is 0 Å². The van der Waals surface area contributed by atoms with Gasteiger partial charge in [-0.05, 0) is 24.3 Å². The van der Waals surface area contributed by atoms with Crippen LogP contribution in [-0.2, 0) is 14.8 Å². The Kier molecular flexibility index (Phi) is 7.37. The molecule has 7 nitrogen and oxygen atoms in total. The number of hydrogen-bond donors (Lipinski definition) is 1. The molecule has 0 saturated carbocycles. The van der Waals surface area contributed by atoms with Crippen molar-refractivity contribution in [2.45, 2.75) is 18.7 Å². The Morgan fingerprint density at radius 2 is 1.76 bits per heavy atom. The van der Waals surface area contributed by atoms with Crippen LogP contribution < -0.4 is 5.32 Å². The molecule has 1 aliphatic heterocycles. The molecule has 1 N–H and O–H groups in total. The molecule has 1 aromatic carbocycles. The molecular weight excluding hydrogens is 342 g/mol. The fraction of sp³-hybridized carbons (Fsp3) is 0.588. The second-order valence-corrected chi connectivity index (χ2v) is 7.76. The molecule has 25 heavy (non-hydrogen) atoms. The summed E-state index contributed by atoms with van der Waals surface area (Å²) in [6.07, 6.45) is 0. The van der Waals surface area contributed by atoms with Crippen molar-refractivity contribution in [2.75, 3.05) is 52.5 Å². The number of morpholine rings is 1. The quantitative estimate of drug-likeness (QED) is 0.733. The van der Waals surface area contributed by atoms with Gasteiger partial charge in [0.15, 0.2) is 0 Å². The Morgan fingerprint density at radius 3 is 2.32 bits per heavy atom. The van der Waals surface area contributed by atoms with Crippen molar-refractivity contribution >= 4 is 15.9 Å². The zero-order valence-corrected chi connectivity index (χ0v) is 15.7. The first-order chi connectivity index (χ1) is 12.0. The summed E-state index contributed by atoms with van der Waals surface area (Å²) >= 11 is 0. The first-order valence-electron chi connectivity index (χ1n) is 8.67. The van der Waals surface area contributed by atoms with E-state index in [9.17, 15) is 13.2 Å². The highest BCUT2D eigenvalue weighted by molar-refractivity contribution is 7.89. The maximum Gasteiger partial charge on any atom is 0.251 e. The van der Waals surface area contributed by atoms with Crippen LogP contribution in [-0.4, -0.2) is 76.0 Å². The molecule has 1 amide bonds. The lowest BCUT2D eigenvalue weighted by Crippen LogP contribution is -2.41. The normalized spacial score (nSPS) is 16.1. The van der Waals surface area contributed by atoms with Crippen molar-refractivity contribution in [2.24, 2.45) is 0 Å². The van der Waals surface area contributed by atoms with Crippen LogP contribution in [0, 0.1) is 0 Å². The second-order valence-electron chi connectivity index (χ2n) is 5.82. The summed E-state index contributed by atoms with van der Waals surface area (Å²) in [4.78, 5) is 14.6. The van der Waals surface area contributed by atoms with E-state index < -0.39 is 10.0 Å². The summed E-state index contributed by atoms with van der Waals surface area (Å²) in [5.74, 6) is -0.194. The van der Waals surface area contributed by atoms with Crippen molar-refractivity contribution < 1.29 is 17.9 Å². The minimum Gasteiger partial charge on any atom is -0.379 e. The molecule has 0 unspecified atom stereocenters. The summed E-state index contributed by atoms with van der Waals surface area (Å²) in [7, 11) is -3.49. The molecule has 0 aromatic heterocycles. The Morgan fingerprint density at radius 1 is 1.16 bits per heavy atom. The maximum absolute atomic E-state index is 12.4. The molecule has 0 radical (unpaired) electrons. The van der Waals surface area contributed by atoms with Crippen LogP contribution in [0.15, 0.2) is 29.2 Å². The Bertz CT molecular complexity index is 651. The van der Waals surface area contributed by atoms with Gasteiger partial charge in [-0.2, -0.15) is 4.31 Å². The van der Waals surface area contributed by atoms with Crippen molar-refractivity contribution in [3.05, 3.63) is 29.8 Å². The highest BCUT2D eigenvalue weighted by Crippen LogP contribution is 2.16. The minimum atomic E-state index is -3.49. The maximum atomic E-state index is 12.4. The van der Waals surface area contributed by atoms with Crippen LogP contribution in [0.5, 0.6) is 0 Å². The van der Waals surface area contributed by atoms with Crippen molar-refractivity contribution in [3.63, 3.8) is 0 Å². The molecule has 0 atom stereocenters. The monoisotopic (exact) mass is 369 g/mol. The smallest absolute Gasteiger partial charge is 0.251 e. The number of ether oxygens (including phenoxy) is 1. The van der Waals surface area contributed by atoms with E-state index >= 15 is 0 Å². The Labute approximate surface area is 150 Å². The Balaban J connectivity index is 1.91. The summed E-state index contributed by atoms with van der Waals surface area (Å²) in [5, 5.41) is 2.87. The van der Waals surface area contributed by atoms with Crippen molar-refractivity contribution in [1.29, 1.82) is 0 Å². The zero-order valence-electron chi connectivity index (χ0n) is 14.9. The first-order valence-corrected chi connectivity index (χ1v) is 10.1. The van der Waals surface area contributed by atoms with E-state index in [4.69, 9.17) is 4.74 Å². The molecule has 1 heterocycles. The highest BCUT2D eigenvalue weighted by atomic mass is 32.2. The predicted molar refractivity (Wildman–Crippen MR) is 96.1 cm³/mol. The predicted octanol–water partition coefficient (Wildman–Crippen LogP) is 0.779. The molecule has 0 spiro atoms. The van der Waals surface area contributed by atoms with Gasteiger partial charge in [-0.1, -0.05) is 13.8 Å². The number of nitrogens with zero attached hydrogens (tertiary/aromatic N) is 2. The third kappa shape index (κ3) is 5.24. The molecule has 2 rings (SSSR count). The van der Waals surface area contributed by atoms with Gasteiger partial charge in [0.25, 0.3) is 5.91 Å². The van der Waals surface area contributed by atoms with Gasteiger partial charge in [0.05, 0.1) is 18.1 Å². The number of rotatable bonds is 8.